The highest BCUT2D eigenvalue weighted by atomic mass is 35.5. The Bertz CT molecular complexity index is 232. The van der Waals surface area contributed by atoms with Crippen LogP contribution < -0.4 is 10.6 Å². The lowest BCUT2D eigenvalue weighted by Gasteiger charge is -2.24. The lowest BCUT2D eigenvalue weighted by molar-refractivity contribution is -0.126. The molecule has 0 aromatic carbocycles. The van der Waals surface area contributed by atoms with Crippen LogP contribution in [-0.4, -0.2) is 37.7 Å². The molecule has 15 heavy (non-hydrogen) atoms. The molecule has 86 valence electrons. The second-order valence-electron chi connectivity index (χ2n) is 3.73. The van der Waals surface area contributed by atoms with Crippen molar-refractivity contribution in [1.29, 1.82) is 0 Å². The highest BCUT2D eigenvalue weighted by Gasteiger charge is 2.23. The fraction of sp³-hybridized carbons (Fsp3) is 0.700. The number of nitrogens with one attached hydrogen (secondary N) is 2. The van der Waals surface area contributed by atoms with Crippen molar-refractivity contribution in [3.05, 3.63) is 12.2 Å². The van der Waals surface area contributed by atoms with Gasteiger partial charge in [0.1, 0.15) is 6.04 Å². The van der Waals surface area contributed by atoms with Crippen LogP contribution in [0.25, 0.3) is 0 Å². The van der Waals surface area contributed by atoms with Gasteiger partial charge in [0.25, 0.3) is 0 Å². The first-order valence-electron chi connectivity index (χ1n) is 5.13. The number of rotatable bonds is 2. The van der Waals surface area contributed by atoms with Gasteiger partial charge in [-0.3, -0.25) is 4.79 Å². The maximum absolute atomic E-state index is 11.7. The molecule has 1 amide bonds. The molecule has 4 nitrogen and oxygen atoms in total. The van der Waals surface area contributed by atoms with E-state index in [0.717, 1.165) is 19.4 Å². The summed E-state index contributed by atoms with van der Waals surface area (Å²) in [6.07, 6.45) is 6.13. The van der Waals surface area contributed by atoms with Crippen LogP contribution in [0.1, 0.15) is 12.8 Å². The Labute approximate surface area is 95.9 Å². The van der Waals surface area contributed by atoms with Crippen molar-refractivity contribution in [2.75, 3.05) is 19.8 Å². The van der Waals surface area contributed by atoms with Crippen LogP contribution in [0.5, 0.6) is 0 Å². The third-order valence-electron chi connectivity index (χ3n) is 2.59. The summed E-state index contributed by atoms with van der Waals surface area (Å²) >= 11 is 0. The molecule has 1 heterocycles. The van der Waals surface area contributed by atoms with Crippen molar-refractivity contribution in [3.63, 3.8) is 0 Å². The van der Waals surface area contributed by atoms with Gasteiger partial charge in [0.2, 0.25) is 5.91 Å². The Morgan fingerprint density at radius 3 is 2.73 bits per heavy atom. The number of hydrogen-bond acceptors (Lipinski definition) is 3. The molecule has 5 heteroatoms. The molecule has 0 radical (unpaired) electrons. The topological polar surface area (TPSA) is 50.4 Å². The van der Waals surface area contributed by atoms with Crippen molar-refractivity contribution in [1.82, 2.24) is 10.6 Å². The molecule has 0 saturated carbocycles. The minimum absolute atomic E-state index is 0. The van der Waals surface area contributed by atoms with E-state index in [-0.39, 0.29) is 24.4 Å². The van der Waals surface area contributed by atoms with Crippen molar-refractivity contribution >= 4 is 18.3 Å². The SMILES string of the molecule is Cl.O=C(NC1CC=CC1)[C@H]1COCCN1. The van der Waals surface area contributed by atoms with E-state index in [2.05, 4.69) is 22.8 Å². The highest BCUT2D eigenvalue weighted by Crippen LogP contribution is 2.09. The first kappa shape index (κ1) is 12.5. The molecule has 0 spiro atoms. The van der Waals surface area contributed by atoms with E-state index >= 15 is 0 Å². The Morgan fingerprint density at radius 1 is 1.40 bits per heavy atom. The van der Waals surface area contributed by atoms with Crippen LogP contribution >= 0.6 is 12.4 Å². The summed E-state index contributed by atoms with van der Waals surface area (Å²) < 4.78 is 5.23. The number of hydrogen-bond donors (Lipinski definition) is 2. The summed E-state index contributed by atoms with van der Waals surface area (Å²) in [6.45, 7) is 1.96. The van der Waals surface area contributed by atoms with E-state index in [4.69, 9.17) is 4.74 Å². The third kappa shape index (κ3) is 3.48. The van der Waals surface area contributed by atoms with E-state index in [1.54, 1.807) is 0 Å². The van der Waals surface area contributed by atoms with Gasteiger partial charge in [-0.1, -0.05) is 12.2 Å². The van der Waals surface area contributed by atoms with Gasteiger partial charge in [-0.05, 0) is 12.8 Å². The van der Waals surface area contributed by atoms with Gasteiger partial charge < -0.3 is 15.4 Å². The zero-order valence-electron chi connectivity index (χ0n) is 8.57. The van der Waals surface area contributed by atoms with Crippen LogP contribution in [0.3, 0.4) is 0 Å². The number of morpholine rings is 1. The molecule has 2 rings (SSSR count). The number of amides is 1. The third-order valence-corrected chi connectivity index (χ3v) is 2.59. The first-order chi connectivity index (χ1) is 6.86. The zero-order chi connectivity index (χ0) is 9.80. The molecule has 2 N–H and O–H groups in total. The fourth-order valence-electron chi connectivity index (χ4n) is 1.77. The minimum Gasteiger partial charge on any atom is -0.378 e. The summed E-state index contributed by atoms with van der Waals surface area (Å²) in [6, 6.07) is 0.135. The molecule has 1 aliphatic carbocycles. The second kappa shape index (κ2) is 6.10. The Balaban J connectivity index is 0.00000112. The molecule has 0 aromatic rings. The van der Waals surface area contributed by atoms with E-state index in [0.29, 0.717) is 19.3 Å². The Kier molecular flexibility index (Phi) is 5.08. The molecule has 1 saturated heterocycles. The van der Waals surface area contributed by atoms with Gasteiger partial charge in [0.15, 0.2) is 0 Å². The largest absolute Gasteiger partial charge is 0.378 e. The maximum atomic E-state index is 11.7. The van der Waals surface area contributed by atoms with Gasteiger partial charge in [-0.15, -0.1) is 12.4 Å². The number of ether oxygens (including phenoxy) is 1. The highest BCUT2D eigenvalue weighted by molar-refractivity contribution is 5.85. The summed E-state index contributed by atoms with van der Waals surface area (Å²) in [5, 5.41) is 6.14. The van der Waals surface area contributed by atoms with Crippen molar-refractivity contribution < 1.29 is 9.53 Å². The lowest BCUT2D eigenvalue weighted by atomic mass is 10.2. The summed E-state index contributed by atoms with van der Waals surface area (Å²) in [7, 11) is 0. The van der Waals surface area contributed by atoms with Crippen molar-refractivity contribution in [2.24, 2.45) is 0 Å². The molecule has 2 aliphatic rings. The zero-order valence-corrected chi connectivity index (χ0v) is 9.39. The van der Waals surface area contributed by atoms with E-state index in [1.807, 2.05) is 0 Å². The molecule has 0 aromatic heterocycles. The number of carbonyl (C=O) groups excluding carboxylic acids is 1. The fourth-order valence-corrected chi connectivity index (χ4v) is 1.77. The van der Waals surface area contributed by atoms with Crippen molar-refractivity contribution in [3.8, 4) is 0 Å². The second-order valence-corrected chi connectivity index (χ2v) is 3.73. The van der Waals surface area contributed by atoms with Crippen LogP contribution in [-0.2, 0) is 9.53 Å². The number of carbonyl (C=O) groups is 1. The molecular formula is C10H17ClN2O2. The molecule has 1 aliphatic heterocycles. The van der Waals surface area contributed by atoms with Crippen LogP contribution in [0.4, 0.5) is 0 Å². The van der Waals surface area contributed by atoms with Gasteiger partial charge in [-0.25, -0.2) is 0 Å². The predicted molar refractivity (Wildman–Crippen MR) is 60.2 cm³/mol. The monoisotopic (exact) mass is 232 g/mol. The average Bonchev–Trinajstić information content (AvgIpc) is 2.72. The van der Waals surface area contributed by atoms with E-state index in [1.165, 1.54) is 0 Å². The maximum Gasteiger partial charge on any atom is 0.239 e. The van der Waals surface area contributed by atoms with Crippen molar-refractivity contribution in [2.45, 2.75) is 24.9 Å². The van der Waals surface area contributed by atoms with E-state index in [9.17, 15) is 4.79 Å². The van der Waals surface area contributed by atoms with Gasteiger partial charge in [0.05, 0.1) is 13.2 Å². The predicted octanol–water partition coefficient (Wildman–Crippen LogP) is 0.231. The Hall–Kier alpha value is -0.580. The summed E-state index contributed by atoms with van der Waals surface area (Å²) in [5.74, 6) is 0.0680. The molecular weight excluding hydrogens is 216 g/mol. The van der Waals surface area contributed by atoms with E-state index < -0.39 is 0 Å². The minimum atomic E-state index is -0.163. The van der Waals surface area contributed by atoms with Gasteiger partial charge >= 0.3 is 0 Å². The number of halogens is 1. The standard InChI is InChI=1S/C10H16N2O2.ClH/c13-10(9-7-14-6-5-11-9)12-8-3-1-2-4-8;/h1-2,8-9,11H,3-7H2,(H,12,13);1H/t9-;/m1./s1. The van der Waals surface area contributed by atoms with Gasteiger partial charge in [0, 0.05) is 12.6 Å². The summed E-state index contributed by atoms with van der Waals surface area (Å²) in [5.41, 5.74) is 0. The molecule has 0 bridgehead atoms. The van der Waals surface area contributed by atoms with Crippen LogP contribution in [0, 0.1) is 0 Å². The van der Waals surface area contributed by atoms with Gasteiger partial charge in [-0.2, -0.15) is 0 Å². The molecule has 1 atom stereocenters. The molecule has 0 unspecified atom stereocenters. The van der Waals surface area contributed by atoms with Crippen LogP contribution in [0.15, 0.2) is 12.2 Å². The van der Waals surface area contributed by atoms with Crippen LogP contribution in [0.2, 0.25) is 0 Å². The Morgan fingerprint density at radius 2 is 2.13 bits per heavy atom. The smallest absolute Gasteiger partial charge is 0.239 e. The normalized spacial score (nSPS) is 26.0. The molecule has 1 fully saturated rings. The first-order valence-corrected chi connectivity index (χ1v) is 5.13. The average molecular weight is 233 g/mol. The quantitative estimate of drug-likeness (QED) is 0.671. The summed E-state index contributed by atoms with van der Waals surface area (Å²) in [4.78, 5) is 11.7. The lowest BCUT2D eigenvalue weighted by Crippen LogP contribution is -2.53.